The van der Waals surface area contributed by atoms with Crippen LogP contribution in [0.2, 0.25) is 0 Å². The highest BCUT2D eigenvalue weighted by Crippen LogP contribution is 2.14. The lowest BCUT2D eigenvalue weighted by Gasteiger charge is -2.04. The largest absolute Gasteiger partial charge is 0.485 e. The molecule has 6 nitrogen and oxygen atoms in total. The van der Waals surface area contributed by atoms with Gasteiger partial charge in [-0.2, -0.15) is 5.10 Å². The van der Waals surface area contributed by atoms with Gasteiger partial charge in [-0.05, 0) is 42.2 Å². The molecule has 0 amide bonds. The van der Waals surface area contributed by atoms with Crippen LogP contribution in [-0.2, 0) is 13.7 Å². The number of benzene rings is 1. The van der Waals surface area contributed by atoms with Crippen molar-refractivity contribution in [2.24, 2.45) is 23.0 Å². The number of hydrogen-bond acceptors (Lipinski definition) is 4. The summed E-state index contributed by atoms with van der Waals surface area (Å²) >= 11 is 1.36. The van der Waals surface area contributed by atoms with E-state index in [4.69, 9.17) is 10.5 Å². The molecule has 0 aliphatic rings. The number of pyridine rings is 1. The summed E-state index contributed by atoms with van der Waals surface area (Å²) in [7, 11) is 2.04. The van der Waals surface area contributed by atoms with E-state index in [1.54, 1.807) is 6.21 Å². The lowest BCUT2D eigenvalue weighted by Crippen LogP contribution is -2.17. The second kappa shape index (κ2) is 7.85. The first-order valence-electron chi connectivity index (χ1n) is 7.75. The van der Waals surface area contributed by atoms with E-state index >= 15 is 0 Å². The van der Waals surface area contributed by atoms with Gasteiger partial charge in [0.05, 0.1) is 19.5 Å². The van der Waals surface area contributed by atoms with Gasteiger partial charge in [0.15, 0.2) is 17.5 Å². The van der Waals surface area contributed by atoms with Gasteiger partial charge in [-0.1, -0.05) is 17.8 Å². The third-order valence-corrected chi connectivity index (χ3v) is 4.27. The van der Waals surface area contributed by atoms with E-state index < -0.39 is 0 Å². The number of imidazole rings is 1. The summed E-state index contributed by atoms with van der Waals surface area (Å²) in [6.45, 7) is 0.500. The Kier molecular flexibility index (Phi) is 5.35. The summed E-state index contributed by atoms with van der Waals surface area (Å²) < 4.78 is 10.1. The average Bonchev–Trinajstić information content (AvgIpc) is 2.97. The van der Waals surface area contributed by atoms with Crippen molar-refractivity contribution in [3.8, 4) is 5.75 Å². The number of ether oxygens (including phenoxy) is 1. The van der Waals surface area contributed by atoms with Crippen LogP contribution in [0, 0.1) is 0 Å². The summed E-state index contributed by atoms with van der Waals surface area (Å²) in [6, 6.07) is 13.8. The number of amidine groups is 1. The summed E-state index contributed by atoms with van der Waals surface area (Å²) in [6.07, 6.45) is 7.62. The molecule has 0 aliphatic heterocycles. The van der Waals surface area contributed by atoms with E-state index in [1.165, 1.54) is 11.8 Å². The maximum Gasteiger partial charge on any atom is 0.286 e. The lowest BCUT2D eigenvalue weighted by molar-refractivity contribution is -0.511. The second-order valence-electron chi connectivity index (χ2n) is 5.39. The van der Waals surface area contributed by atoms with Crippen LogP contribution in [0.25, 0.3) is 5.65 Å². The van der Waals surface area contributed by atoms with Crippen molar-refractivity contribution in [3.63, 3.8) is 0 Å². The van der Waals surface area contributed by atoms with Gasteiger partial charge >= 0.3 is 0 Å². The van der Waals surface area contributed by atoms with Crippen molar-refractivity contribution < 1.29 is 9.14 Å². The topological polar surface area (TPSA) is 69.0 Å². The normalized spacial score (nSPS) is 12.2. The van der Waals surface area contributed by atoms with Crippen LogP contribution in [0.5, 0.6) is 5.75 Å². The molecule has 0 saturated heterocycles. The molecule has 0 aliphatic carbocycles. The molecule has 3 aromatic rings. The minimum Gasteiger partial charge on any atom is -0.485 e. The van der Waals surface area contributed by atoms with Crippen molar-refractivity contribution >= 4 is 28.8 Å². The Morgan fingerprint density at radius 2 is 2.08 bits per heavy atom. The second-order valence-corrected chi connectivity index (χ2v) is 6.22. The van der Waals surface area contributed by atoms with Gasteiger partial charge in [0.1, 0.15) is 11.9 Å². The molecule has 128 valence electrons. The van der Waals surface area contributed by atoms with E-state index in [-0.39, 0.29) is 0 Å². The van der Waals surface area contributed by atoms with E-state index in [0.717, 1.165) is 22.7 Å². The smallest absolute Gasteiger partial charge is 0.286 e. The highest BCUT2D eigenvalue weighted by atomic mass is 32.2. The molecule has 0 atom stereocenters. The number of nitrogens with two attached hydrogens (primary N) is 1. The first-order valence-corrected chi connectivity index (χ1v) is 8.98. The van der Waals surface area contributed by atoms with Crippen LogP contribution in [0.1, 0.15) is 11.3 Å². The van der Waals surface area contributed by atoms with Gasteiger partial charge in [0.2, 0.25) is 0 Å². The van der Waals surface area contributed by atoms with E-state index in [0.29, 0.717) is 11.8 Å². The van der Waals surface area contributed by atoms with Crippen molar-refractivity contribution in [2.75, 3.05) is 6.26 Å². The summed E-state index contributed by atoms with van der Waals surface area (Å²) in [5, 5.41) is 8.23. The third-order valence-electron chi connectivity index (χ3n) is 3.77. The number of thioether (sulfide) groups is 1. The Hall–Kier alpha value is -2.80. The molecule has 3 rings (SSSR count). The number of aryl methyl sites for hydroxylation is 1. The van der Waals surface area contributed by atoms with Crippen molar-refractivity contribution in [1.29, 1.82) is 0 Å². The minimum absolute atomic E-state index is 0.434. The first kappa shape index (κ1) is 17.0. The molecular weight excluding hydrogens is 334 g/mol. The van der Waals surface area contributed by atoms with Gasteiger partial charge in [0, 0.05) is 6.07 Å². The minimum atomic E-state index is 0.434. The zero-order valence-electron chi connectivity index (χ0n) is 14.2. The number of aromatic nitrogens is 2. The standard InChI is InChI=1S/C18H20N5OS/c1-22-15(12-23-10-4-3-5-17(22)23)13-24-16-8-6-14(7-9-16)11-20-21-18(19)25-2/h3-12H,13H2,1-2H3,(H2,19,21)/q+1/b20-11+. The molecule has 0 spiro atoms. The van der Waals surface area contributed by atoms with Gasteiger partial charge in [-0.25, -0.2) is 8.97 Å². The quantitative estimate of drug-likeness (QED) is 0.331. The van der Waals surface area contributed by atoms with Crippen LogP contribution in [0.4, 0.5) is 0 Å². The maximum absolute atomic E-state index is 5.89. The average molecular weight is 354 g/mol. The van der Waals surface area contributed by atoms with Gasteiger partial charge in [-0.3, -0.25) is 0 Å². The Balaban J connectivity index is 1.64. The molecule has 0 bridgehead atoms. The first-order chi connectivity index (χ1) is 12.2. The zero-order valence-corrected chi connectivity index (χ0v) is 15.0. The number of nitrogens with zero attached hydrogens (tertiary/aromatic N) is 4. The number of rotatable bonds is 5. The maximum atomic E-state index is 5.89. The Labute approximate surface area is 150 Å². The fraction of sp³-hybridized carbons (Fsp3) is 0.167. The zero-order chi connectivity index (χ0) is 17.6. The molecule has 7 heteroatoms. The van der Waals surface area contributed by atoms with E-state index in [9.17, 15) is 0 Å². The van der Waals surface area contributed by atoms with Crippen molar-refractivity contribution in [2.45, 2.75) is 6.61 Å². The Morgan fingerprint density at radius 1 is 1.28 bits per heavy atom. The molecule has 0 radical (unpaired) electrons. The Bertz CT molecular complexity index is 915. The Morgan fingerprint density at radius 3 is 2.80 bits per heavy atom. The van der Waals surface area contributed by atoms with Crippen LogP contribution in [0.15, 0.2) is 65.1 Å². The van der Waals surface area contributed by atoms with Gasteiger partial charge < -0.3 is 10.5 Å². The van der Waals surface area contributed by atoms with Crippen LogP contribution < -0.4 is 14.9 Å². The highest BCUT2D eigenvalue weighted by molar-refractivity contribution is 8.13. The van der Waals surface area contributed by atoms with Gasteiger partial charge in [-0.15, -0.1) is 5.10 Å². The molecule has 25 heavy (non-hydrogen) atoms. The molecule has 2 heterocycles. The monoisotopic (exact) mass is 354 g/mol. The van der Waals surface area contributed by atoms with Crippen LogP contribution >= 0.6 is 11.8 Å². The molecule has 0 unspecified atom stereocenters. The lowest BCUT2D eigenvalue weighted by atomic mass is 10.2. The molecule has 0 fully saturated rings. The van der Waals surface area contributed by atoms with E-state index in [2.05, 4.69) is 31.4 Å². The fourth-order valence-corrected chi connectivity index (χ4v) is 2.50. The van der Waals surface area contributed by atoms with Crippen molar-refractivity contribution in [1.82, 2.24) is 4.57 Å². The third kappa shape index (κ3) is 4.19. The highest BCUT2D eigenvalue weighted by Gasteiger charge is 2.13. The molecule has 2 N–H and O–H groups in total. The van der Waals surface area contributed by atoms with Crippen LogP contribution in [-0.4, -0.2) is 22.2 Å². The van der Waals surface area contributed by atoms with E-state index in [1.807, 2.05) is 55.9 Å². The van der Waals surface area contributed by atoms with Crippen molar-refractivity contribution in [3.05, 3.63) is 66.1 Å². The summed E-state index contributed by atoms with van der Waals surface area (Å²) in [4.78, 5) is 0. The SMILES string of the molecule is CSC(N)=N/N=C/c1ccc(OCc2c[n+]3ccccc3n2C)cc1. The summed E-state index contributed by atoms with van der Waals surface area (Å²) in [5.41, 5.74) is 8.73. The predicted molar refractivity (Wildman–Crippen MR) is 102 cm³/mol. The molecular formula is C18H20N5OS+. The molecule has 2 aromatic heterocycles. The number of fused-ring (bicyclic) bond motifs is 1. The molecule has 1 aromatic carbocycles. The fourth-order valence-electron chi connectivity index (χ4n) is 2.37. The predicted octanol–water partition coefficient (Wildman–Crippen LogP) is 2.35. The van der Waals surface area contributed by atoms with Crippen LogP contribution in [0.3, 0.4) is 0 Å². The molecule has 0 saturated carbocycles. The van der Waals surface area contributed by atoms with Gasteiger partial charge in [0.25, 0.3) is 5.65 Å². The number of hydrogen-bond donors (Lipinski definition) is 1. The summed E-state index contributed by atoms with van der Waals surface area (Å²) in [5.74, 6) is 0.805.